The van der Waals surface area contributed by atoms with Crippen LogP contribution in [0.1, 0.15) is 20.3 Å². The Hall–Kier alpha value is -0.530. The molecule has 0 spiro atoms. The largest absolute Gasteiger partial charge is 0.411 e. The van der Waals surface area contributed by atoms with Crippen molar-refractivity contribution in [1.29, 1.82) is 0 Å². The van der Waals surface area contributed by atoms with Crippen molar-refractivity contribution in [1.82, 2.24) is 4.90 Å². The van der Waals surface area contributed by atoms with Gasteiger partial charge in [0.15, 0.2) is 0 Å². The molecule has 0 aromatic rings. The molecule has 0 saturated carbocycles. The average molecular weight is 307 g/mol. The molecule has 19 heavy (non-hydrogen) atoms. The standard InChI is InChI=1S/C11H21F3N2O2.ClH/c1-8(2)9(15)4-5-16(3)10(17)6-18-7-11(12,13)14;/h8-9H,4-7,15H2,1-3H3;1H. The minimum absolute atomic E-state index is 0. The van der Waals surface area contributed by atoms with Crippen molar-refractivity contribution in [3.05, 3.63) is 0 Å². The van der Waals surface area contributed by atoms with Crippen molar-refractivity contribution in [3.8, 4) is 0 Å². The van der Waals surface area contributed by atoms with Crippen molar-refractivity contribution in [2.24, 2.45) is 11.7 Å². The lowest BCUT2D eigenvalue weighted by atomic mass is 10.0. The third-order valence-corrected chi connectivity index (χ3v) is 2.57. The fourth-order valence-corrected chi connectivity index (χ4v) is 1.17. The summed E-state index contributed by atoms with van der Waals surface area (Å²) in [6.45, 7) is 2.39. The van der Waals surface area contributed by atoms with Crippen LogP contribution in [0.3, 0.4) is 0 Å². The van der Waals surface area contributed by atoms with Gasteiger partial charge < -0.3 is 15.4 Å². The third-order valence-electron chi connectivity index (χ3n) is 2.57. The van der Waals surface area contributed by atoms with Crippen LogP contribution >= 0.6 is 12.4 Å². The van der Waals surface area contributed by atoms with Gasteiger partial charge in [-0.05, 0) is 12.3 Å². The Morgan fingerprint density at radius 3 is 2.32 bits per heavy atom. The summed E-state index contributed by atoms with van der Waals surface area (Å²) in [5, 5.41) is 0. The van der Waals surface area contributed by atoms with Crippen LogP contribution in [-0.2, 0) is 9.53 Å². The average Bonchev–Trinajstić information content (AvgIpc) is 2.23. The molecule has 116 valence electrons. The number of carbonyl (C=O) groups is 1. The van der Waals surface area contributed by atoms with Crippen molar-refractivity contribution in [2.45, 2.75) is 32.5 Å². The van der Waals surface area contributed by atoms with Gasteiger partial charge in [0.1, 0.15) is 13.2 Å². The van der Waals surface area contributed by atoms with Crippen LogP contribution in [0, 0.1) is 5.92 Å². The summed E-state index contributed by atoms with van der Waals surface area (Å²) in [6.07, 6.45) is -3.79. The summed E-state index contributed by atoms with van der Waals surface area (Å²) in [4.78, 5) is 12.7. The lowest BCUT2D eigenvalue weighted by Crippen LogP contribution is -2.36. The van der Waals surface area contributed by atoms with E-state index in [0.717, 1.165) is 0 Å². The Labute approximate surface area is 117 Å². The summed E-state index contributed by atoms with van der Waals surface area (Å²) < 4.78 is 39.6. The number of nitrogens with zero attached hydrogens (tertiary/aromatic N) is 1. The van der Waals surface area contributed by atoms with Crippen LogP contribution < -0.4 is 5.73 Å². The fourth-order valence-electron chi connectivity index (χ4n) is 1.17. The van der Waals surface area contributed by atoms with E-state index in [0.29, 0.717) is 18.9 Å². The zero-order chi connectivity index (χ0) is 14.3. The summed E-state index contributed by atoms with van der Waals surface area (Å²) in [5.74, 6) is -0.176. The number of hydrogen-bond acceptors (Lipinski definition) is 3. The van der Waals surface area contributed by atoms with E-state index in [9.17, 15) is 18.0 Å². The summed E-state index contributed by atoms with van der Waals surface area (Å²) in [5.41, 5.74) is 5.80. The van der Waals surface area contributed by atoms with E-state index in [4.69, 9.17) is 5.73 Å². The van der Waals surface area contributed by atoms with E-state index in [1.54, 1.807) is 0 Å². The first-order valence-corrected chi connectivity index (χ1v) is 5.77. The van der Waals surface area contributed by atoms with Crippen LogP contribution in [0.4, 0.5) is 13.2 Å². The number of nitrogens with two attached hydrogens (primary N) is 1. The first-order valence-electron chi connectivity index (χ1n) is 5.77. The second-order valence-corrected chi connectivity index (χ2v) is 4.62. The van der Waals surface area contributed by atoms with Gasteiger partial charge in [0.2, 0.25) is 5.91 Å². The van der Waals surface area contributed by atoms with Gasteiger partial charge in [-0.2, -0.15) is 13.2 Å². The Kier molecular flexibility index (Phi) is 10.3. The molecule has 0 bridgehead atoms. The van der Waals surface area contributed by atoms with E-state index in [1.807, 2.05) is 13.8 Å². The summed E-state index contributed by atoms with van der Waals surface area (Å²) >= 11 is 0. The normalized spacial score (nSPS) is 13.1. The predicted octanol–water partition coefficient (Wildman–Crippen LogP) is 1.82. The number of halogens is 4. The molecule has 8 heteroatoms. The molecule has 0 aromatic carbocycles. The molecule has 1 unspecified atom stereocenters. The molecule has 2 N–H and O–H groups in total. The Bertz CT molecular complexity index is 263. The molecule has 0 aliphatic carbocycles. The molecule has 0 fully saturated rings. The van der Waals surface area contributed by atoms with Crippen molar-refractivity contribution in [3.63, 3.8) is 0 Å². The lowest BCUT2D eigenvalue weighted by Gasteiger charge is -2.21. The van der Waals surface area contributed by atoms with Crippen molar-refractivity contribution < 1.29 is 22.7 Å². The van der Waals surface area contributed by atoms with E-state index in [-0.39, 0.29) is 18.4 Å². The first-order chi connectivity index (χ1) is 8.13. The number of likely N-dealkylation sites (N-methyl/N-ethyl adjacent to an activating group) is 1. The second-order valence-electron chi connectivity index (χ2n) is 4.62. The monoisotopic (exact) mass is 306 g/mol. The highest BCUT2D eigenvalue weighted by atomic mass is 35.5. The fraction of sp³-hybridized carbons (Fsp3) is 0.909. The Morgan fingerprint density at radius 2 is 1.89 bits per heavy atom. The molecule has 0 radical (unpaired) electrons. The molecule has 0 heterocycles. The summed E-state index contributed by atoms with van der Waals surface area (Å²) in [7, 11) is 1.52. The number of carbonyl (C=O) groups excluding carboxylic acids is 1. The second kappa shape index (κ2) is 9.39. The zero-order valence-electron chi connectivity index (χ0n) is 11.4. The minimum atomic E-state index is -4.40. The molecule has 1 amide bonds. The maximum atomic E-state index is 11.8. The topological polar surface area (TPSA) is 55.6 Å². The third kappa shape index (κ3) is 11.0. The number of amides is 1. The van der Waals surface area contributed by atoms with Gasteiger partial charge in [-0.3, -0.25) is 4.79 Å². The number of rotatable bonds is 7. The molecule has 0 aliphatic heterocycles. The zero-order valence-corrected chi connectivity index (χ0v) is 12.2. The molecule has 0 rings (SSSR count). The van der Waals surface area contributed by atoms with Crippen LogP contribution in [0.25, 0.3) is 0 Å². The van der Waals surface area contributed by atoms with Gasteiger partial charge >= 0.3 is 6.18 Å². The molecular weight excluding hydrogens is 285 g/mol. The molecule has 4 nitrogen and oxygen atoms in total. The van der Waals surface area contributed by atoms with Gasteiger partial charge in [-0.25, -0.2) is 0 Å². The van der Waals surface area contributed by atoms with E-state index in [1.165, 1.54) is 11.9 Å². The van der Waals surface area contributed by atoms with E-state index >= 15 is 0 Å². The van der Waals surface area contributed by atoms with E-state index < -0.39 is 25.3 Å². The Morgan fingerprint density at radius 1 is 1.37 bits per heavy atom. The van der Waals surface area contributed by atoms with Crippen molar-refractivity contribution in [2.75, 3.05) is 26.8 Å². The summed E-state index contributed by atoms with van der Waals surface area (Å²) in [6, 6.07) is -0.0312. The van der Waals surface area contributed by atoms with Crippen molar-refractivity contribution >= 4 is 18.3 Å². The van der Waals surface area contributed by atoms with Crippen LogP contribution in [0.5, 0.6) is 0 Å². The number of ether oxygens (including phenoxy) is 1. The molecule has 0 aromatic heterocycles. The smallest absolute Gasteiger partial charge is 0.362 e. The van der Waals surface area contributed by atoms with E-state index in [2.05, 4.69) is 4.74 Å². The van der Waals surface area contributed by atoms with Gasteiger partial charge in [0, 0.05) is 19.6 Å². The van der Waals surface area contributed by atoms with Crippen LogP contribution in [0.2, 0.25) is 0 Å². The molecule has 0 saturated heterocycles. The lowest BCUT2D eigenvalue weighted by molar-refractivity contribution is -0.177. The quantitative estimate of drug-likeness (QED) is 0.780. The molecule has 1 atom stereocenters. The predicted molar refractivity (Wildman–Crippen MR) is 69.2 cm³/mol. The van der Waals surface area contributed by atoms with Gasteiger partial charge in [0.25, 0.3) is 0 Å². The number of alkyl halides is 3. The van der Waals surface area contributed by atoms with Crippen LogP contribution in [0.15, 0.2) is 0 Å². The van der Waals surface area contributed by atoms with Crippen LogP contribution in [-0.4, -0.2) is 49.8 Å². The molecule has 0 aliphatic rings. The highest BCUT2D eigenvalue weighted by Gasteiger charge is 2.28. The maximum absolute atomic E-state index is 11.8. The van der Waals surface area contributed by atoms with Gasteiger partial charge in [0.05, 0.1) is 0 Å². The molecular formula is C11H22ClF3N2O2. The maximum Gasteiger partial charge on any atom is 0.411 e. The minimum Gasteiger partial charge on any atom is -0.362 e. The highest BCUT2D eigenvalue weighted by Crippen LogP contribution is 2.14. The van der Waals surface area contributed by atoms with Gasteiger partial charge in [-0.1, -0.05) is 13.8 Å². The SMILES string of the molecule is CC(C)C(N)CCN(C)C(=O)COCC(F)(F)F.Cl. The Balaban J connectivity index is 0. The number of hydrogen-bond donors (Lipinski definition) is 1. The first kappa shape index (κ1) is 20.8. The highest BCUT2D eigenvalue weighted by molar-refractivity contribution is 5.85. The van der Waals surface area contributed by atoms with Gasteiger partial charge in [-0.15, -0.1) is 12.4 Å².